The van der Waals surface area contributed by atoms with Gasteiger partial charge in [0.2, 0.25) is 0 Å². The second kappa shape index (κ2) is 7.93. The Morgan fingerprint density at radius 3 is 2.73 bits per heavy atom. The van der Waals surface area contributed by atoms with Gasteiger partial charge in [-0.05, 0) is 30.2 Å². The average Bonchev–Trinajstić information content (AvgIpc) is 3.39. The summed E-state index contributed by atoms with van der Waals surface area (Å²) in [5.74, 6) is -1.11. The summed E-state index contributed by atoms with van der Waals surface area (Å²) in [5, 5.41) is 14.8. The fraction of sp³-hybridized carbons (Fsp3) is 0.333. The van der Waals surface area contributed by atoms with Gasteiger partial charge in [-0.25, -0.2) is 14.6 Å². The van der Waals surface area contributed by atoms with Crippen LogP contribution in [0.5, 0.6) is 0 Å². The number of carboxylic acid groups (broad SMARTS) is 1. The van der Waals surface area contributed by atoms with Gasteiger partial charge in [0.25, 0.3) is 0 Å². The van der Waals surface area contributed by atoms with Crippen LogP contribution in [0.3, 0.4) is 0 Å². The van der Waals surface area contributed by atoms with Crippen LogP contribution in [0, 0.1) is 0 Å². The van der Waals surface area contributed by atoms with E-state index in [4.69, 9.17) is 28.3 Å². The van der Waals surface area contributed by atoms with Crippen LogP contribution in [0.15, 0.2) is 24.4 Å². The number of urea groups is 2. The number of nitrogens with one attached hydrogen (secondary N) is 2. The number of fused-ring (bicyclic) bond motifs is 2. The molecule has 3 N–H and O–H groups in total. The number of benzene rings is 1. The van der Waals surface area contributed by atoms with Crippen LogP contribution in [0.25, 0.3) is 0 Å². The summed E-state index contributed by atoms with van der Waals surface area (Å²) >= 11 is 13.3. The molecule has 4 rings (SSSR count). The standard InChI is InChI=1S/C18H17Cl2N5O4S/c19-10-1-2-12-11(5-10)18(3-4-24(8-18)16(28)22-7-14(26)27)9-25(12)17(29)23-15-21-6-13(20)30-15/h1-2,5-6H,3-4,7-9H2,(H,22,28)(H,26,27)(H,21,23,29). The SMILES string of the molecule is O=C(O)CNC(=O)N1CCC2(C1)CN(C(=O)Nc1ncc(Cl)s1)c1ccc(Cl)cc12. The van der Waals surface area contributed by atoms with Gasteiger partial charge in [-0.1, -0.05) is 34.5 Å². The molecule has 1 aromatic heterocycles. The van der Waals surface area contributed by atoms with Crippen molar-refractivity contribution in [2.45, 2.75) is 11.8 Å². The molecule has 1 fully saturated rings. The Balaban J connectivity index is 1.57. The minimum Gasteiger partial charge on any atom is -0.480 e. The van der Waals surface area contributed by atoms with Crippen molar-refractivity contribution in [2.75, 3.05) is 36.4 Å². The molecule has 3 heterocycles. The highest BCUT2D eigenvalue weighted by atomic mass is 35.5. The van der Waals surface area contributed by atoms with E-state index in [0.29, 0.717) is 46.2 Å². The molecule has 2 aliphatic heterocycles. The van der Waals surface area contributed by atoms with E-state index in [1.165, 1.54) is 6.20 Å². The molecule has 1 spiro atoms. The zero-order valence-corrected chi connectivity index (χ0v) is 17.9. The number of likely N-dealkylation sites (tertiary alicyclic amines) is 1. The number of rotatable bonds is 3. The Bertz CT molecular complexity index is 1030. The summed E-state index contributed by atoms with van der Waals surface area (Å²) in [4.78, 5) is 43.2. The normalized spacial score (nSPS) is 19.8. The third-order valence-electron chi connectivity index (χ3n) is 5.25. The molecule has 2 aliphatic rings. The predicted octanol–water partition coefficient (Wildman–Crippen LogP) is 3.24. The summed E-state index contributed by atoms with van der Waals surface area (Å²) in [5.41, 5.74) is 1.11. The molecule has 2 aromatic rings. The fourth-order valence-electron chi connectivity index (χ4n) is 3.95. The molecule has 158 valence electrons. The van der Waals surface area contributed by atoms with Gasteiger partial charge in [0.15, 0.2) is 5.13 Å². The average molecular weight is 470 g/mol. The molecule has 1 atom stereocenters. The molecule has 0 saturated carbocycles. The number of carbonyl (C=O) groups is 3. The van der Waals surface area contributed by atoms with Crippen molar-refractivity contribution in [3.63, 3.8) is 0 Å². The summed E-state index contributed by atoms with van der Waals surface area (Å²) in [6.07, 6.45) is 2.08. The van der Waals surface area contributed by atoms with Gasteiger partial charge in [0.1, 0.15) is 10.9 Å². The lowest BCUT2D eigenvalue weighted by molar-refractivity contribution is -0.135. The van der Waals surface area contributed by atoms with Crippen LogP contribution in [0.2, 0.25) is 9.36 Å². The number of nitrogens with zero attached hydrogens (tertiary/aromatic N) is 3. The third-order valence-corrected chi connectivity index (χ3v) is 6.52. The number of aliphatic carboxylic acids is 1. The number of thiazole rings is 1. The molecule has 12 heteroatoms. The Labute approximate surface area is 185 Å². The fourth-order valence-corrected chi connectivity index (χ4v) is 4.93. The number of hydrogen-bond acceptors (Lipinski definition) is 5. The van der Waals surface area contributed by atoms with Gasteiger partial charge in [0.05, 0.1) is 6.20 Å². The van der Waals surface area contributed by atoms with Crippen molar-refractivity contribution in [1.82, 2.24) is 15.2 Å². The first-order valence-electron chi connectivity index (χ1n) is 9.02. The van der Waals surface area contributed by atoms with E-state index < -0.39 is 24.0 Å². The second-order valence-corrected chi connectivity index (χ2v) is 9.25. The lowest BCUT2D eigenvalue weighted by atomic mass is 9.81. The minimum atomic E-state index is -1.11. The van der Waals surface area contributed by atoms with E-state index >= 15 is 0 Å². The van der Waals surface area contributed by atoms with Crippen molar-refractivity contribution >= 4 is 63.4 Å². The number of amides is 4. The van der Waals surface area contributed by atoms with Crippen LogP contribution in [0.1, 0.15) is 12.0 Å². The first-order chi connectivity index (χ1) is 14.3. The van der Waals surface area contributed by atoms with Crippen molar-refractivity contribution in [2.24, 2.45) is 0 Å². The van der Waals surface area contributed by atoms with Crippen molar-refractivity contribution in [1.29, 1.82) is 0 Å². The topological polar surface area (TPSA) is 115 Å². The maximum absolute atomic E-state index is 13.0. The van der Waals surface area contributed by atoms with E-state index in [2.05, 4.69) is 15.6 Å². The van der Waals surface area contributed by atoms with Gasteiger partial charge in [-0.3, -0.25) is 15.0 Å². The van der Waals surface area contributed by atoms with Gasteiger partial charge < -0.3 is 15.3 Å². The van der Waals surface area contributed by atoms with Crippen LogP contribution >= 0.6 is 34.5 Å². The largest absolute Gasteiger partial charge is 0.480 e. The van der Waals surface area contributed by atoms with E-state index in [0.717, 1.165) is 16.9 Å². The molecule has 4 amide bonds. The minimum absolute atomic E-state index is 0.346. The van der Waals surface area contributed by atoms with Crippen LogP contribution in [0.4, 0.5) is 20.4 Å². The van der Waals surface area contributed by atoms with E-state index in [9.17, 15) is 14.4 Å². The van der Waals surface area contributed by atoms with E-state index in [1.54, 1.807) is 21.9 Å². The summed E-state index contributed by atoms with van der Waals surface area (Å²) < 4.78 is 0.467. The van der Waals surface area contributed by atoms with Crippen LogP contribution in [-0.4, -0.2) is 59.2 Å². The molecule has 0 bridgehead atoms. The molecular formula is C18H17Cl2N5O4S. The molecule has 1 aromatic carbocycles. The highest BCUT2D eigenvalue weighted by Crippen LogP contribution is 2.47. The molecular weight excluding hydrogens is 453 g/mol. The van der Waals surface area contributed by atoms with Crippen LogP contribution < -0.4 is 15.5 Å². The summed E-state index contributed by atoms with van der Waals surface area (Å²) in [7, 11) is 0. The summed E-state index contributed by atoms with van der Waals surface area (Å²) in [6.45, 7) is 0.694. The molecule has 0 radical (unpaired) electrons. The maximum Gasteiger partial charge on any atom is 0.328 e. The molecule has 0 aliphatic carbocycles. The monoisotopic (exact) mass is 469 g/mol. The second-order valence-electron chi connectivity index (χ2n) is 7.15. The smallest absolute Gasteiger partial charge is 0.328 e. The highest BCUT2D eigenvalue weighted by molar-refractivity contribution is 7.19. The maximum atomic E-state index is 13.0. The Morgan fingerprint density at radius 1 is 1.23 bits per heavy atom. The number of hydrogen-bond donors (Lipinski definition) is 3. The zero-order valence-electron chi connectivity index (χ0n) is 15.5. The molecule has 30 heavy (non-hydrogen) atoms. The van der Waals surface area contributed by atoms with E-state index in [1.807, 2.05) is 6.07 Å². The van der Waals surface area contributed by atoms with E-state index in [-0.39, 0.29) is 6.03 Å². The Hall–Kier alpha value is -2.56. The van der Waals surface area contributed by atoms with Crippen LogP contribution in [-0.2, 0) is 10.2 Å². The van der Waals surface area contributed by atoms with Gasteiger partial charge in [-0.15, -0.1) is 0 Å². The quantitative estimate of drug-likeness (QED) is 0.637. The Morgan fingerprint density at radius 2 is 2.03 bits per heavy atom. The number of anilines is 2. The van der Waals surface area contributed by atoms with Crippen molar-refractivity contribution in [3.8, 4) is 0 Å². The zero-order chi connectivity index (χ0) is 21.5. The molecule has 9 nitrogen and oxygen atoms in total. The predicted molar refractivity (Wildman–Crippen MR) is 114 cm³/mol. The van der Waals surface area contributed by atoms with Gasteiger partial charge in [0, 0.05) is 35.8 Å². The number of carboxylic acids is 1. The van der Waals surface area contributed by atoms with Gasteiger partial charge in [-0.2, -0.15) is 0 Å². The van der Waals surface area contributed by atoms with Crippen molar-refractivity contribution in [3.05, 3.63) is 39.3 Å². The highest BCUT2D eigenvalue weighted by Gasteiger charge is 2.50. The van der Waals surface area contributed by atoms with Crippen molar-refractivity contribution < 1.29 is 19.5 Å². The summed E-state index contributed by atoms with van der Waals surface area (Å²) in [6, 6.07) is 4.52. The van der Waals surface area contributed by atoms with Gasteiger partial charge >= 0.3 is 18.0 Å². The molecule has 1 unspecified atom stereocenters. The molecule has 1 saturated heterocycles. The first kappa shape index (κ1) is 20.7. The lowest BCUT2D eigenvalue weighted by Crippen LogP contribution is -2.44. The Kier molecular flexibility index (Phi) is 5.48. The first-order valence-corrected chi connectivity index (χ1v) is 10.6. The number of carbonyl (C=O) groups excluding carboxylic acids is 2. The number of halogens is 2. The lowest BCUT2D eigenvalue weighted by Gasteiger charge is -2.25. The number of aromatic nitrogens is 1. The third kappa shape index (κ3) is 3.90.